The highest BCUT2D eigenvalue weighted by molar-refractivity contribution is 5.91. The number of anilines is 1. The average molecular weight is 271 g/mol. The second kappa shape index (κ2) is 5.45. The molecule has 1 aromatic carbocycles. The molecule has 1 aromatic heterocycles. The molecule has 1 unspecified atom stereocenters. The van der Waals surface area contributed by atoms with E-state index in [2.05, 4.69) is 15.1 Å². The summed E-state index contributed by atoms with van der Waals surface area (Å²) >= 11 is 0. The van der Waals surface area contributed by atoms with E-state index < -0.39 is 5.97 Å². The molecule has 5 heteroatoms. The Morgan fingerprint density at radius 2 is 2.20 bits per heavy atom. The van der Waals surface area contributed by atoms with Gasteiger partial charge in [0.1, 0.15) is 0 Å². The van der Waals surface area contributed by atoms with Gasteiger partial charge in [-0.25, -0.2) is 0 Å². The molecule has 104 valence electrons. The molecular formula is C15H17N3O2. The first-order valence-corrected chi connectivity index (χ1v) is 6.94. The number of carbonyl (C=O) groups is 1. The van der Waals surface area contributed by atoms with Gasteiger partial charge in [-0.15, -0.1) is 5.10 Å². The zero-order valence-electron chi connectivity index (χ0n) is 11.2. The Morgan fingerprint density at radius 3 is 3.05 bits per heavy atom. The molecule has 0 saturated carbocycles. The van der Waals surface area contributed by atoms with Gasteiger partial charge in [0.2, 0.25) is 0 Å². The lowest BCUT2D eigenvalue weighted by Gasteiger charge is -2.36. The fraction of sp³-hybridized carbons (Fsp3) is 0.400. The van der Waals surface area contributed by atoms with Gasteiger partial charge in [0, 0.05) is 23.4 Å². The van der Waals surface area contributed by atoms with Crippen LogP contribution in [0.3, 0.4) is 0 Å². The fourth-order valence-corrected chi connectivity index (χ4v) is 2.92. The van der Waals surface area contributed by atoms with Crippen molar-refractivity contribution in [1.29, 1.82) is 0 Å². The van der Waals surface area contributed by atoms with Gasteiger partial charge in [-0.2, -0.15) is 5.10 Å². The van der Waals surface area contributed by atoms with Crippen LogP contribution in [-0.2, 0) is 4.79 Å². The number of benzene rings is 1. The molecule has 0 spiro atoms. The Labute approximate surface area is 117 Å². The van der Waals surface area contributed by atoms with Crippen LogP contribution in [0.2, 0.25) is 0 Å². The van der Waals surface area contributed by atoms with E-state index in [0.717, 1.165) is 42.4 Å². The van der Waals surface area contributed by atoms with Crippen LogP contribution in [0, 0.1) is 0 Å². The van der Waals surface area contributed by atoms with E-state index >= 15 is 0 Å². The third kappa shape index (κ3) is 2.43. The number of carboxylic acids is 1. The molecule has 0 bridgehead atoms. The first-order valence-electron chi connectivity index (χ1n) is 6.94. The highest BCUT2D eigenvalue weighted by atomic mass is 16.4. The Hall–Kier alpha value is -2.17. The van der Waals surface area contributed by atoms with Crippen molar-refractivity contribution in [3.05, 3.63) is 30.5 Å². The van der Waals surface area contributed by atoms with Gasteiger partial charge in [0.05, 0.1) is 12.6 Å². The predicted octanol–water partition coefficient (Wildman–Crippen LogP) is 2.46. The highest BCUT2D eigenvalue weighted by Crippen LogP contribution is 2.30. The van der Waals surface area contributed by atoms with E-state index in [-0.39, 0.29) is 12.5 Å². The Bertz CT molecular complexity index is 624. The van der Waals surface area contributed by atoms with Gasteiger partial charge in [0.25, 0.3) is 0 Å². The standard InChI is InChI=1S/C15H17N3O2/c19-14(20)9-12-6-3-4-8-18(12)15-13-7-2-1-5-11(13)10-16-17-15/h1-2,5,7,10,12H,3-4,6,8-9H2,(H,19,20). The number of hydrogen-bond acceptors (Lipinski definition) is 4. The van der Waals surface area contributed by atoms with Gasteiger partial charge in [-0.3, -0.25) is 4.79 Å². The maximum atomic E-state index is 11.0. The van der Waals surface area contributed by atoms with Gasteiger partial charge in [-0.05, 0) is 19.3 Å². The number of piperidine rings is 1. The molecule has 1 N–H and O–H groups in total. The van der Waals surface area contributed by atoms with E-state index in [0.29, 0.717) is 0 Å². The van der Waals surface area contributed by atoms with Crippen LogP contribution < -0.4 is 4.90 Å². The molecule has 1 fully saturated rings. The first kappa shape index (κ1) is 12.8. The zero-order chi connectivity index (χ0) is 13.9. The van der Waals surface area contributed by atoms with Crippen LogP contribution in [0.25, 0.3) is 10.8 Å². The molecule has 0 radical (unpaired) electrons. The molecule has 0 aliphatic carbocycles. The SMILES string of the molecule is O=C(O)CC1CCCCN1c1nncc2ccccc12. The average Bonchev–Trinajstić information content (AvgIpc) is 2.47. The van der Waals surface area contributed by atoms with E-state index in [1.165, 1.54) is 0 Å². The lowest BCUT2D eigenvalue weighted by Crippen LogP contribution is -2.41. The van der Waals surface area contributed by atoms with Gasteiger partial charge in [0.15, 0.2) is 5.82 Å². The molecular weight excluding hydrogens is 254 g/mol. The summed E-state index contributed by atoms with van der Waals surface area (Å²) in [5, 5.41) is 19.5. The largest absolute Gasteiger partial charge is 0.481 e. The summed E-state index contributed by atoms with van der Waals surface area (Å²) in [5.74, 6) is 0.0594. The summed E-state index contributed by atoms with van der Waals surface area (Å²) in [4.78, 5) is 13.2. The Balaban J connectivity index is 2.01. The number of hydrogen-bond donors (Lipinski definition) is 1. The summed E-state index contributed by atoms with van der Waals surface area (Å²) < 4.78 is 0. The zero-order valence-corrected chi connectivity index (χ0v) is 11.2. The molecule has 2 aromatic rings. The maximum absolute atomic E-state index is 11.0. The molecule has 2 heterocycles. The van der Waals surface area contributed by atoms with Crippen molar-refractivity contribution >= 4 is 22.6 Å². The smallest absolute Gasteiger partial charge is 0.305 e. The summed E-state index contributed by atoms with van der Waals surface area (Å²) in [6.45, 7) is 0.848. The Morgan fingerprint density at radius 1 is 1.35 bits per heavy atom. The number of aliphatic carboxylic acids is 1. The molecule has 0 amide bonds. The fourth-order valence-electron chi connectivity index (χ4n) is 2.92. The first-order chi connectivity index (χ1) is 9.75. The lowest BCUT2D eigenvalue weighted by molar-refractivity contribution is -0.137. The van der Waals surface area contributed by atoms with Crippen LogP contribution in [-0.4, -0.2) is 33.9 Å². The minimum Gasteiger partial charge on any atom is -0.481 e. The van der Waals surface area contributed by atoms with E-state index in [1.54, 1.807) is 6.20 Å². The van der Waals surface area contributed by atoms with Crippen molar-refractivity contribution < 1.29 is 9.90 Å². The van der Waals surface area contributed by atoms with Crippen molar-refractivity contribution in [1.82, 2.24) is 10.2 Å². The van der Waals surface area contributed by atoms with Crippen molar-refractivity contribution in [2.75, 3.05) is 11.4 Å². The number of carboxylic acid groups (broad SMARTS) is 1. The number of rotatable bonds is 3. The van der Waals surface area contributed by atoms with Crippen LogP contribution >= 0.6 is 0 Å². The topological polar surface area (TPSA) is 66.3 Å². The van der Waals surface area contributed by atoms with E-state index in [1.807, 2.05) is 24.3 Å². The third-order valence-electron chi connectivity index (χ3n) is 3.86. The summed E-state index contributed by atoms with van der Waals surface area (Å²) in [7, 11) is 0. The number of fused-ring (bicyclic) bond motifs is 1. The van der Waals surface area contributed by atoms with Gasteiger partial charge < -0.3 is 10.0 Å². The summed E-state index contributed by atoms with van der Waals surface area (Å²) in [5.41, 5.74) is 0. The van der Waals surface area contributed by atoms with Crippen molar-refractivity contribution in [2.24, 2.45) is 0 Å². The van der Waals surface area contributed by atoms with E-state index in [9.17, 15) is 4.79 Å². The van der Waals surface area contributed by atoms with E-state index in [4.69, 9.17) is 5.11 Å². The molecule has 20 heavy (non-hydrogen) atoms. The van der Waals surface area contributed by atoms with Crippen molar-refractivity contribution in [2.45, 2.75) is 31.7 Å². The Kier molecular flexibility index (Phi) is 3.50. The molecule has 5 nitrogen and oxygen atoms in total. The molecule has 1 aliphatic rings. The summed E-state index contributed by atoms with van der Waals surface area (Å²) in [6.07, 6.45) is 4.95. The second-order valence-electron chi connectivity index (χ2n) is 5.20. The van der Waals surface area contributed by atoms with Crippen LogP contribution in [0.15, 0.2) is 30.5 Å². The van der Waals surface area contributed by atoms with Crippen LogP contribution in [0.1, 0.15) is 25.7 Å². The minimum absolute atomic E-state index is 0.0151. The highest BCUT2D eigenvalue weighted by Gasteiger charge is 2.27. The molecule has 3 rings (SSSR count). The lowest BCUT2D eigenvalue weighted by atomic mass is 9.98. The maximum Gasteiger partial charge on any atom is 0.305 e. The number of aromatic nitrogens is 2. The third-order valence-corrected chi connectivity index (χ3v) is 3.86. The van der Waals surface area contributed by atoms with Crippen molar-refractivity contribution in [3.8, 4) is 0 Å². The summed E-state index contributed by atoms with van der Waals surface area (Å²) in [6, 6.07) is 7.99. The molecule has 1 aliphatic heterocycles. The molecule has 1 atom stereocenters. The normalized spacial score (nSPS) is 19.2. The molecule has 1 saturated heterocycles. The monoisotopic (exact) mass is 271 g/mol. The van der Waals surface area contributed by atoms with Crippen molar-refractivity contribution in [3.63, 3.8) is 0 Å². The number of nitrogens with zero attached hydrogens (tertiary/aromatic N) is 3. The van der Waals surface area contributed by atoms with Gasteiger partial charge >= 0.3 is 5.97 Å². The quantitative estimate of drug-likeness (QED) is 0.928. The van der Waals surface area contributed by atoms with Crippen LogP contribution in [0.4, 0.5) is 5.82 Å². The second-order valence-corrected chi connectivity index (χ2v) is 5.20. The van der Waals surface area contributed by atoms with Crippen LogP contribution in [0.5, 0.6) is 0 Å². The minimum atomic E-state index is -0.755. The predicted molar refractivity (Wildman–Crippen MR) is 76.8 cm³/mol. The van der Waals surface area contributed by atoms with Gasteiger partial charge in [-0.1, -0.05) is 24.3 Å².